The normalized spacial score (nSPS) is 32.1. The predicted octanol–water partition coefficient (Wildman–Crippen LogP) is 5.29. The van der Waals surface area contributed by atoms with Crippen molar-refractivity contribution in [1.82, 2.24) is 0 Å². The van der Waals surface area contributed by atoms with Crippen molar-refractivity contribution in [2.45, 2.75) is 64.2 Å². The third-order valence-corrected chi connectivity index (χ3v) is 4.82. The van der Waals surface area contributed by atoms with Crippen LogP contribution in [0.2, 0.25) is 0 Å². The Morgan fingerprint density at radius 3 is 2.12 bits per heavy atom. The standard InChI is InChI=1S/C16H27F/c17-13-5-4-6-14-9-11-16(12-10-14)15-7-2-1-3-8-15/h4,6,14-16H,1-3,5,7-13H2. The summed E-state index contributed by atoms with van der Waals surface area (Å²) in [4.78, 5) is 0. The first-order chi connectivity index (χ1) is 8.40. The Bertz CT molecular complexity index is 220. The van der Waals surface area contributed by atoms with Gasteiger partial charge < -0.3 is 0 Å². The van der Waals surface area contributed by atoms with Crippen molar-refractivity contribution in [3.05, 3.63) is 12.2 Å². The van der Waals surface area contributed by atoms with E-state index in [-0.39, 0.29) is 6.67 Å². The zero-order valence-corrected chi connectivity index (χ0v) is 11.0. The molecule has 0 nitrogen and oxygen atoms in total. The van der Waals surface area contributed by atoms with Crippen LogP contribution in [0.4, 0.5) is 4.39 Å². The first-order valence-corrected chi connectivity index (χ1v) is 7.62. The van der Waals surface area contributed by atoms with E-state index in [2.05, 4.69) is 6.08 Å². The lowest BCUT2D eigenvalue weighted by Gasteiger charge is -2.35. The van der Waals surface area contributed by atoms with Crippen LogP contribution in [0, 0.1) is 17.8 Å². The molecular formula is C16H27F. The van der Waals surface area contributed by atoms with Crippen LogP contribution >= 0.6 is 0 Å². The number of hydrogen-bond donors (Lipinski definition) is 0. The minimum atomic E-state index is -0.200. The SMILES string of the molecule is FCCC=CC1CCC(C2CCCCC2)CC1. The van der Waals surface area contributed by atoms with Gasteiger partial charge in [0.05, 0.1) is 6.67 Å². The molecule has 0 radical (unpaired) electrons. The lowest BCUT2D eigenvalue weighted by atomic mass is 9.71. The topological polar surface area (TPSA) is 0 Å². The highest BCUT2D eigenvalue weighted by Gasteiger charge is 2.27. The summed E-state index contributed by atoms with van der Waals surface area (Å²) in [6.45, 7) is -0.200. The summed E-state index contributed by atoms with van der Waals surface area (Å²) in [6.07, 6.45) is 17.9. The van der Waals surface area contributed by atoms with E-state index in [0.29, 0.717) is 6.42 Å². The van der Waals surface area contributed by atoms with Gasteiger partial charge in [0.15, 0.2) is 0 Å². The maximum atomic E-state index is 12.0. The molecule has 1 heteroatoms. The summed E-state index contributed by atoms with van der Waals surface area (Å²) in [7, 11) is 0. The van der Waals surface area contributed by atoms with Crippen molar-refractivity contribution in [3.8, 4) is 0 Å². The molecule has 0 amide bonds. The molecule has 0 unspecified atom stereocenters. The molecule has 98 valence electrons. The Morgan fingerprint density at radius 2 is 1.47 bits per heavy atom. The Balaban J connectivity index is 1.69. The lowest BCUT2D eigenvalue weighted by Crippen LogP contribution is -2.23. The summed E-state index contributed by atoms with van der Waals surface area (Å²) >= 11 is 0. The molecule has 0 aromatic rings. The highest BCUT2D eigenvalue weighted by molar-refractivity contribution is 4.92. The van der Waals surface area contributed by atoms with E-state index in [0.717, 1.165) is 17.8 Å². The molecule has 17 heavy (non-hydrogen) atoms. The number of rotatable bonds is 4. The van der Waals surface area contributed by atoms with E-state index in [1.54, 1.807) is 0 Å². The Labute approximate surface area is 106 Å². The smallest absolute Gasteiger partial charge is 0.0928 e. The molecule has 0 saturated heterocycles. The van der Waals surface area contributed by atoms with Gasteiger partial charge in [-0.1, -0.05) is 44.3 Å². The first kappa shape index (κ1) is 13.1. The first-order valence-electron chi connectivity index (χ1n) is 7.62. The van der Waals surface area contributed by atoms with Gasteiger partial charge in [-0.2, -0.15) is 0 Å². The maximum absolute atomic E-state index is 12.0. The zero-order chi connectivity index (χ0) is 11.9. The molecule has 0 N–H and O–H groups in total. The van der Waals surface area contributed by atoms with Gasteiger partial charge in [-0.15, -0.1) is 0 Å². The number of alkyl halides is 1. The van der Waals surface area contributed by atoms with Crippen LogP contribution in [0.5, 0.6) is 0 Å². The average Bonchev–Trinajstić information content (AvgIpc) is 2.41. The van der Waals surface area contributed by atoms with Crippen LogP contribution in [0.1, 0.15) is 64.2 Å². The molecule has 2 fully saturated rings. The Hall–Kier alpha value is -0.330. The fraction of sp³-hybridized carbons (Fsp3) is 0.875. The van der Waals surface area contributed by atoms with E-state index in [9.17, 15) is 4.39 Å². The molecular weight excluding hydrogens is 211 g/mol. The van der Waals surface area contributed by atoms with E-state index in [1.165, 1.54) is 57.8 Å². The van der Waals surface area contributed by atoms with Gasteiger partial charge in [0.25, 0.3) is 0 Å². The van der Waals surface area contributed by atoms with Crippen molar-refractivity contribution >= 4 is 0 Å². The summed E-state index contributed by atoms with van der Waals surface area (Å²) in [5, 5.41) is 0. The van der Waals surface area contributed by atoms with Crippen LogP contribution < -0.4 is 0 Å². The second kappa shape index (κ2) is 7.18. The van der Waals surface area contributed by atoms with Gasteiger partial charge in [0, 0.05) is 0 Å². The van der Waals surface area contributed by atoms with Crippen LogP contribution in [0.3, 0.4) is 0 Å². The highest BCUT2D eigenvalue weighted by atomic mass is 19.1. The monoisotopic (exact) mass is 238 g/mol. The van der Waals surface area contributed by atoms with Crippen molar-refractivity contribution in [2.24, 2.45) is 17.8 Å². The summed E-state index contributed by atoms with van der Waals surface area (Å²) < 4.78 is 12.0. The largest absolute Gasteiger partial charge is 0.251 e. The zero-order valence-electron chi connectivity index (χ0n) is 11.0. The van der Waals surface area contributed by atoms with Crippen molar-refractivity contribution in [3.63, 3.8) is 0 Å². The number of halogens is 1. The van der Waals surface area contributed by atoms with Crippen LogP contribution in [-0.4, -0.2) is 6.67 Å². The van der Waals surface area contributed by atoms with Crippen molar-refractivity contribution in [2.75, 3.05) is 6.67 Å². The van der Waals surface area contributed by atoms with Gasteiger partial charge in [-0.3, -0.25) is 4.39 Å². The molecule has 0 aliphatic heterocycles. The Kier molecular flexibility index (Phi) is 5.54. The second-order valence-electron chi connectivity index (χ2n) is 5.98. The average molecular weight is 238 g/mol. The van der Waals surface area contributed by atoms with E-state index in [4.69, 9.17) is 0 Å². The molecule has 0 heterocycles. The third kappa shape index (κ3) is 4.12. The summed E-state index contributed by atoms with van der Waals surface area (Å²) in [6, 6.07) is 0. The van der Waals surface area contributed by atoms with Crippen molar-refractivity contribution in [1.29, 1.82) is 0 Å². The minimum absolute atomic E-state index is 0.200. The summed E-state index contributed by atoms with van der Waals surface area (Å²) in [5.74, 6) is 2.81. The van der Waals surface area contributed by atoms with Crippen molar-refractivity contribution < 1.29 is 4.39 Å². The van der Waals surface area contributed by atoms with E-state index in [1.807, 2.05) is 6.08 Å². The summed E-state index contributed by atoms with van der Waals surface area (Å²) in [5.41, 5.74) is 0. The molecule has 2 saturated carbocycles. The highest BCUT2D eigenvalue weighted by Crippen LogP contribution is 2.40. The van der Waals surface area contributed by atoms with Gasteiger partial charge >= 0.3 is 0 Å². The van der Waals surface area contributed by atoms with Gasteiger partial charge in [0.2, 0.25) is 0 Å². The lowest BCUT2D eigenvalue weighted by molar-refractivity contribution is 0.180. The molecule has 0 atom stereocenters. The maximum Gasteiger partial charge on any atom is 0.0928 e. The van der Waals surface area contributed by atoms with Gasteiger partial charge in [-0.05, 0) is 49.9 Å². The molecule has 0 aromatic heterocycles. The molecule has 0 spiro atoms. The molecule has 2 rings (SSSR count). The van der Waals surface area contributed by atoms with E-state index < -0.39 is 0 Å². The fourth-order valence-electron chi connectivity index (χ4n) is 3.77. The van der Waals surface area contributed by atoms with E-state index >= 15 is 0 Å². The second-order valence-corrected chi connectivity index (χ2v) is 5.98. The van der Waals surface area contributed by atoms with Gasteiger partial charge in [0.1, 0.15) is 0 Å². The third-order valence-electron chi connectivity index (χ3n) is 4.82. The van der Waals surface area contributed by atoms with Crippen LogP contribution in [-0.2, 0) is 0 Å². The predicted molar refractivity (Wildman–Crippen MR) is 71.8 cm³/mol. The van der Waals surface area contributed by atoms with Crippen LogP contribution in [0.15, 0.2) is 12.2 Å². The minimum Gasteiger partial charge on any atom is -0.251 e. The van der Waals surface area contributed by atoms with Crippen LogP contribution in [0.25, 0.3) is 0 Å². The molecule has 2 aliphatic carbocycles. The number of allylic oxidation sites excluding steroid dienone is 2. The quantitative estimate of drug-likeness (QED) is 0.584. The molecule has 0 bridgehead atoms. The Morgan fingerprint density at radius 1 is 0.824 bits per heavy atom. The number of hydrogen-bond acceptors (Lipinski definition) is 0. The van der Waals surface area contributed by atoms with Gasteiger partial charge in [-0.25, -0.2) is 0 Å². The fourth-order valence-corrected chi connectivity index (χ4v) is 3.77. The molecule has 0 aromatic carbocycles. The molecule has 2 aliphatic rings.